The Labute approximate surface area is 132 Å². The van der Waals surface area contributed by atoms with Gasteiger partial charge in [0, 0.05) is 11.4 Å². The second kappa shape index (κ2) is 4.96. The van der Waals surface area contributed by atoms with Gasteiger partial charge in [-0.1, -0.05) is 45.9 Å². The highest BCUT2D eigenvalue weighted by molar-refractivity contribution is 7.10. The first kappa shape index (κ1) is 14.8. The fourth-order valence-electron chi connectivity index (χ4n) is 3.41. The van der Waals surface area contributed by atoms with E-state index in [1.54, 1.807) is 11.3 Å². The lowest BCUT2D eigenvalue weighted by Gasteiger charge is -2.42. The van der Waals surface area contributed by atoms with Crippen molar-refractivity contribution in [1.82, 2.24) is 0 Å². The van der Waals surface area contributed by atoms with Crippen LogP contribution in [0.4, 0.5) is 0 Å². The lowest BCUT2D eigenvalue weighted by atomic mass is 9.63. The van der Waals surface area contributed by atoms with Gasteiger partial charge in [0.25, 0.3) is 0 Å². The van der Waals surface area contributed by atoms with Crippen LogP contribution in [0.1, 0.15) is 56.5 Å². The summed E-state index contributed by atoms with van der Waals surface area (Å²) in [7, 11) is 0. The third-order valence-corrected chi connectivity index (χ3v) is 6.00. The normalized spacial score (nSPS) is 19.3. The molecule has 0 bridgehead atoms. The van der Waals surface area contributed by atoms with Crippen molar-refractivity contribution in [2.24, 2.45) is 5.73 Å². The van der Waals surface area contributed by atoms with E-state index in [4.69, 9.17) is 5.73 Å². The molecular weight excluding hydrogens is 274 g/mol. The Bertz CT molecular complexity index is 664. The molecule has 21 heavy (non-hydrogen) atoms. The highest BCUT2D eigenvalue weighted by Crippen LogP contribution is 2.46. The first-order valence-corrected chi connectivity index (χ1v) is 8.64. The van der Waals surface area contributed by atoms with Crippen molar-refractivity contribution in [3.8, 4) is 11.1 Å². The van der Waals surface area contributed by atoms with Crippen molar-refractivity contribution >= 4 is 11.3 Å². The van der Waals surface area contributed by atoms with E-state index >= 15 is 0 Å². The van der Waals surface area contributed by atoms with Crippen LogP contribution in [0.5, 0.6) is 0 Å². The molecule has 0 fully saturated rings. The molecule has 0 amide bonds. The zero-order valence-corrected chi connectivity index (χ0v) is 14.3. The molecule has 2 aromatic rings. The number of fused-ring (bicyclic) bond motifs is 1. The van der Waals surface area contributed by atoms with Crippen molar-refractivity contribution in [3.63, 3.8) is 0 Å². The zero-order chi connectivity index (χ0) is 15.3. The van der Waals surface area contributed by atoms with Crippen molar-refractivity contribution in [2.45, 2.75) is 57.9 Å². The molecule has 0 radical (unpaired) electrons. The number of hydrogen-bond acceptors (Lipinski definition) is 2. The van der Waals surface area contributed by atoms with Crippen molar-refractivity contribution in [1.29, 1.82) is 0 Å². The summed E-state index contributed by atoms with van der Waals surface area (Å²) in [4.78, 5) is 1.25. The predicted octanol–water partition coefficient (Wildman–Crippen LogP) is 5.22. The molecule has 0 saturated carbocycles. The van der Waals surface area contributed by atoms with Crippen LogP contribution < -0.4 is 5.73 Å². The largest absolute Gasteiger partial charge is 0.326 e. The van der Waals surface area contributed by atoms with Crippen LogP contribution in [0.3, 0.4) is 0 Å². The number of thiophene rings is 1. The Morgan fingerprint density at radius 1 is 0.952 bits per heavy atom. The minimum Gasteiger partial charge on any atom is -0.326 e. The van der Waals surface area contributed by atoms with E-state index in [0.717, 1.165) is 0 Å². The lowest BCUT2D eigenvalue weighted by Crippen LogP contribution is -2.33. The molecule has 2 heteroatoms. The Morgan fingerprint density at radius 3 is 2.24 bits per heavy atom. The van der Waals surface area contributed by atoms with E-state index in [1.165, 1.54) is 40.0 Å². The molecule has 0 saturated heterocycles. The molecule has 1 aliphatic carbocycles. The van der Waals surface area contributed by atoms with Crippen molar-refractivity contribution < 1.29 is 0 Å². The number of rotatable bonds is 2. The van der Waals surface area contributed by atoms with E-state index in [0.29, 0.717) is 12.0 Å². The number of nitrogens with two attached hydrogens (primary N) is 1. The smallest absolute Gasteiger partial charge is 0.0274 e. The highest BCUT2D eigenvalue weighted by Gasteiger charge is 2.36. The summed E-state index contributed by atoms with van der Waals surface area (Å²) in [6, 6.07) is 9.28. The van der Waals surface area contributed by atoms with Gasteiger partial charge in [-0.15, -0.1) is 11.3 Å². The Balaban J connectivity index is 2.11. The highest BCUT2D eigenvalue weighted by atomic mass is 32.1. The van der Waals surface area contributed by atoms with Crippen LogP contribution >= 0.6 is 11.3 Å². The second-order valence-corrected chi connectivity index (χ2v) is 8.53. The maximum absolute atomic E-state index is 5.74. The molecule has 2 N–H and O–H groups in total. The molecule has 3 rings (SSSR count). The van der Waals surface area contributed by atoms with Gasteiger partial charge >= 0.3 is 0 Å². The summed E-state index contributed by atoms with van der Waals surface area (Å²) in [6.07, 6.45) is 2.52. The Kier molecular flexibility index (Phi) is 3.50. The fraction of sp³-hybridized carbons (Fsp3) is 0.474. The predicted molar refractivity (Wildman–Crippen MR) is 92.9 cm³/mol. The van der Waals surface area contributed by atoms with E-state index in [2.05, 4.69) is 57.3 Å². The fourth-order valence-corrected chi connectivity index (χ4v) is 4.18. The van der Waals surface area contributed by atoms with Gasteiger partial charge in [0.1, 0.15) is 0 Å². The third kappa shape index (κ3) is 2.56. The molecule has 1 aliphatic rings. The van der Waals surface area contributed by atoms with E-state index in [-0.39, 0.29) is 5.41 Å². The summed E-state index contributed by atoms with van der Waals surface area (Å²) >= 11 is 1.76. The summed E-state index contributed by atoms with van der Waals surface area (Å²) < 4.78 is 0. The summed E-state index contributed by atoms with van der Waals surface area (Å²) in [5.41, 5.74) is 12.0. The van der Waals surface area contributed by atoms with Crippen molar-refractivity contribution in [3.05, 3.63) is 45.6 Å². The number of hydrogen-bond donors (Lipinski definition) is 1. The molecule has 0 spiro atoms. The number of benzene rings is 1. The molecule has 0 aliphatic heterocycles. The maximum atomic E-state index is 5.74. The average molecular weight is 299 g/mol. The molecule has 1 nitrogen and oxygen atoms in total. The minimum atomic E-state index is 0.271. The van der Waals surface area contributed by atoms with Gasteiger partial charge in [-0.05, 0) is 57.4 Å². The minimum absolute atomic E-state index is 0.271. The molecule has 112 valence electrons. The van der Waals surface area contributed by atoms with Gasteiger partial charge in [-0.25, -0.2) is 0 Å². The summed E-state index contributed by atoms with van der Waals surface area (Å²) in [6.45, 7) is 10.1. The van der Waals surface area contributed by atoms with Gasteiger partial charge in [0.05, 0.1) is 0 Å². The second-order valence-electron chi connectivity index (χ2n) is 7.53. The average Bonchev–Trinajstić information content (AvgIpc) is 2.93. The molecule has 1 heterocycles. The lowest BCUT2D eigenvalue weighted by molar-refractivity contribution is 0.332. The monoisotopic (exact) mass is 299 g/mol. The SMILES string of the molecule is CC1(C)CCC(C)(C)c2cc(-c3csc(CN)c3)ccc21. The van der Waals surface area contributed by atoms with Crippen LogP contribution in [0.2, 0.25) is 0 Å². The van der Waals surface area contributed by atoms with E-state index in [1.807, 2.05) is 0 Å². The van der Waals surface area contributed by atoms with Gasteiger partial charge in [-0.2, -0.15) is 0 Å². The topological polar surface area (TPSA) is 26.0 Å². The zero-order valence-electron chi connectivity index (χ0n) is 13.5. The van der Waals surface area contributed by atoms with Crippen LogP contribution in [0, 0.1) is 0 Å². The standard InChI is InChI=1S/C19H25NS/c1-18(2)7-8-19(3,4)17-10-13(5-6-16(17)18)14-9-15(11-20)21-12-14/h5-6,9-10,12H,7-8,11,20H2,1-4H3. The summed E-state index contributed by atoms with van der Waals surface area (Å²) in [5, 5.41) is 2.23. The molecular formula is C19H25NS. The summed E-state index contributed by atoms with van der Waals surface area (Å²) in [5.74, 6) is 0. The Hall–Kier alpha value is -1.12. The molecule has 0 atom stereocenters. The van der Waals surface area contributed by atoms with Gasteiger partial charge in [-0.3, -0.25) is 0 Å². The van der Waals surface area contributed by atoms with E-state index in [9.17, 15) is 0 Å². The third-order valence-electron chi connectivity index (χ3n) is 5.04. The Morgan fingerprint density at radius 2 is 1.62 bits per heavy atom. The van der Waals surface area contributed by atoms with Gasteiger partial charge < -0.3 is 5.73 Å². The van der Waals surface area contributed by atoms with E-state index < -0.39 is 0 Å². The van der Waals surface area contributed by atoms with Crippen LogP contribution in [0.15, 0.2) is 29.6 Å². The van der Waals surface area contributed by atoms with Crippen LogP contribution in [0.25, 0.3) is 11.1 Å². The van der Waals surface area contributed by atoms with Crippen LogP contribution in [-0.4, -0.2) is 0 Å². The first-order chi connectivity index (χ1) is 9.83. The van der Waals surface area contributed by atoms with Crippen LogP contribution in [-0.2, 0) is 17.4 Å². The quantitative estimate of drug-likeness (QED) is 0.808. The maximum Gasteiger partial charge on any atom is 0.0274 e. The van der Waals surface area contributed by atoms with Crippen molar-refractivity contribution in [2.75, 3.05) is 0 Å². The molecule has 1 aromatic carbocycles. The van der Waals surface area contributed by atoms with Gasteiger partial charge in [0.2, 0.25) is 0 Å². The molecule has 1 aromatic heterocycles. The molecule has 0 unspecified atom stereocenters. The first-order valence-electron chi connectivity index (χ1n) is 7.76. The van der Waals surface area contributed by atoms with Gasteiger partial charge in [0.15, 0.2) is 0 Å².